The molecule has 3 rings (SSSR count). The zero-order chi connectivity index (χ0) is 15.2. The van der Waals surface area contributed by atoms with Gasteiger partial charge in [-0.25, -0.2) is 0 Å². The fourth-order valence-electron chi connectivity index (χ4n) is 2.70. The second-order valence-electron chi connectivity index (χ2n) is 5.67. The fourth-order valence-corrected chi connectivity index (χ4v) is 2.70. The van der Waals surface area contributed by atoms with Crippen LogP contribution in [0.15, 0.2) is 18.2 Å². The third kappa shape index (κ3) is 4.16. The third-order valence-electron chi connectivity index (χ3n) is 3.86. The van der Waals surface area contributed by atoms with Crippen molar-refractivity contribution >= 4 is 0 Å². The largest absolute Gasteiger partial charge is 0.465 e. The van der Waals surface area contributed by atoms with E-state index in [-0.39, 0.29) is 12.6 Å². The Morgan fingerprint density at radius 2 is 1.41 bits per heavy atom. The lowest BCUT2D eigenvalue weighted by Gasteiger charge is -2.25. The van der Waals surface area contributed by atoms with Crippen molar-refractivity contribution in [1.29, 1.82) is 0 Å². The van der Waals surface area contributed by atoms with E-state index in [0.717, 1.165) is 57.3 Å². The van der Waals surface area contributed by atoms with Gasteiger partial charge in [0.05, 0.1) is 13.2 Å². The molecule has 4 nitrogen and oxygen atoms in total. The van der Waals surface area contributed by atoms with Crippen LogP contribution in [0.3, 0.4) is 0 Å². The Labute approximate surface area is 131 Å². The number of hydrogen-bond donors (Lipinski definition) is 0. The second-order valence-corrected chi connectivity index (χ2v) is 5.67. The molecule has 0 bridgehead atoms. The highest BCUT2D eigenvalue weighted by Gasteiger charge is 2.18. The SMILES string of the molecule is C#Cc1cc(OC2CCCCO2)cc(OC2CCCCO2)c1. The number of ether oxygens (including phenoxy) is 4. The number of benzene rings is 1. The Hall–Kier alpha value is -1.70. The first-order chi connectivity index (χ1) is 10.8. The van der Waals surface area contributed by atoms with E-state index in [0.29, 0.717) is 11.5 Å². The quantitative estimate of drug-likeness (QED) is 0.798. The van der Waals surface area contributed by atoms with E-state index in [1.807, 2.05) is 18.2 Å². The smallest absolute Gasteiger partial charge is 0.199 e. The van der Waals surface area contributed by atoms with Crippen molar-refractivity contribution in [3.63, 3.8) is 0 Å². The summed E-state index contributed by atoms with van der Waals surface area (Å²) in [5.74, 6) is 4.02. The van der Waals surface area contributed by atoms with Crippen molar-refractivity contribution in [2.24, 2.45) is 0 Å². The van der Waals surface area contributed by atoms with Crippen LogP contribution in [-0.2, 0) is 9.47 Å². The average Bonchev–Trinajstić information content (AvgIpc) is 2.56. The van der Waals surface area contributed by atoms with Crippen LogP contribution in [0.5, 0.6) is 11.5 Å². The van der Waals surface area contributed by atoms with Gasteiger partial charge in [-0.1, -0.05) is 5.92 Å². The van der Waals surface area contributed by atoms with Crippen LogP contribution in [-0.4, -0.2) is 25.8 Å². The van der Waals surface area contributed by atoms with Gasteiger partial charge in [-0.2, -0.15) is 0 Å². The van der Waals surface area contributed by atoms with E-state index in [9.17, 15) is 0 Å². The molecule has 0 aliphatic carbocycles. The Bertz CT molecular complexity index is 484. The van der Waals surface area contributed by atoms with Crippen LogP contribution >= 0.6 is 0 Å². The van der Waals surface area contributed by atoms with E-state index in [2.05, 4.69) is 5.92 Å². The molecule has 2 aliphatic rings. The third-order valence-corrected chi connectivity index (χ3v) is 3.86. The Balaban J connectivity index is 1.69. The van der Waals surface area contributed by atoms with Crippen LogP contribution in [0.1, 0.15) is 44.1 Å². The van der Waals surface area contributed by atoms with Gasteiger partial charge in [-0.3, -0.25) is 0 Å². The molecule has 2 heterocycles. The summed E-state index contributed by atoms with van der Waals surface area (Å²) in [7, 11) is 0. The molecule has 0 spiro atoms. The molecule has 118 valence electrons. The lowest BCUT2D eigenvalue weighted by molar-refractivity contribution is -0.109. The fraction of sp³-hybridized carbons (Fsp3) is 0.556. The summed E-state index contributed by atoms with van der Waals surface area (Å²) in [4.78, 5) is 0. The maximum Gasteiger partial charge on any atom is 0.199 e. The molecule has 0 N–H and O–H groups in total. The molecule has 4 heteroatoms. The molecule has 1 aromatic carbocycles. The lowest BCUT2D eigenvalue weighted by atomic mass is 10.2. The van der Waals surface area contributed by atoms with Gasteiger partial charge in [0.15, 0.2) is 12.6 Å². The molecular formula is C18H22O4. The summed E-state index contributed by atoms with van der Waals surface area (Å²) in [6.07, 6.45) is 11.4. The second kappa shape index (κ2) is 7.53. The van der Waals surface area contributed by atoms with Crippen LogP contribution in [0.25, 0.3) is 0 Å². The van der Waals surface area contributed by atoms with E-state index >= 15 is 0 Å². The Kier molecular flexibility index (Phi) is 5.20. The minimum atomic E-state index is -0.194. The minimum absolute atomic E-state index is 0.194. The van der Waals surface area contributed by atoms with Crippen molar-refractivity contribution < 1.29 is 18.9 Å². The lowest BCUT2D eigenvalue weighted by Crippen LogP contribution is -2.26. The summed E-state index contributed by atoms with van der Waals surface area (Å²) in [6.45, 7) is 1.50. The summed E-state index contributed by atoms with van der Waals surface area (Å²) < 4.78 is 23.0. The molecular weight excluding hydrogens is 280 g/mol. The van der Waals surface area contributed by atoms with Gasteiger partial charge in [0.1, 0.15) is 11.5 Å². The zero-order valence-electron chi connectivity index (χ0n) is 12.8. The van der Waals surface area contributed by atoms with Gasteiger partial charge < -0.3 is 18.9 Å². The van der Waals surface area contributed by atoms with Gasteiger partial charge in [0, 0.05) is 24.5 Å². The van der Waals surface area contributed by atoms with E-state index in [4.69, 9.17) is 25.4 Å². The maximum atomic E-state index is 5.89. The highest BCUT2D eigenvalue weighted by atomic mass is 16.7. The standard InChI is InChI=1S/C18H22O4/c1-2-14-11-15(21-17-7-3-5-9-19-17)13-16(12-14)22-18-8-4-6-10-20-18/h1,11-13,17-18H,3-10H2. The van der Waals surface area contributed by atoms with Crippen molar-refractivity contribution in [2.75, 3.05) is 13.2 Å². The number of hydrogen-bond acceptors (Lipinski definition) is 4. The number of rotatable bonds is 4. The molecule has 0 aromatic heterocycles. The summed E-state index contributed by atoms with van der Waals surface area (Å²) in [5, 5.41) is 0. The van der Waals surface area contributed by atoms with Crippen LogP contribution in [0.4, 0.5) is 0 Å². The van der Waals surface area contributed by atoms with Crippen molar-refractivity contribution in [1.82, 2.24) is 0 Å². The monoisotopic (exact) mass is 302 g/mol. The highest BCUT2D eigenvalue weighted by molar-refractivity contribution is 5.45. The molecule has 0 saturated carbocycles. The van der Waals surface area contributed by atoms with Gasteiger partial charge in [-0.15, -0.1) is 6.42 Å². The first-order valence-corrected chi connectivity index (χ1v) is 8.02. The molecule has 2 fully saturated rings. The summed E-state index contributed by atoms with van der Waals surface area (Å²) >= 11 is 0. The molecule has 2 atom stereocenters. The van der Waals surface area contributed by atoms with Gasteiger partial charge in [0.25, 0.3) is 0 Å². The predicted octanol–water partition coefficient (Wildman–Crippen LogP) is 3.48. The minimum Gasteiger partial charge on any atom is -0.465 e. The van der Waals surface area contributed by atoms with Crippen LogP contribution < -0.4 is 9.47 Å². The first-order valence-electron chi connectivity index (χ1n) is 8.02. The van der Waals surface area contributed by atoms with E-state index in [1.165, 1.54) is 0 Å². The van der Waals surface area contributed by atoms with E-state index < -0.39 is 0 Å². The maximum absolute atomic E-state index is 5.89. The summed E-state index contributed by atoms with van der Waals surface area (Å²) in [6, 6.07) is 5.54. The predicted molar refractivity (Wildman–Crippen MR) is 82.8 cm³/mol. The van der Waals surface area contributed by atoms with E-state index in [1.54, 1.807) is 0 Å². The Morgan fingerprint density at radius 1 is 0.864 bits per heavy atom. The van der Waals surface area contributed by atoms with Crippen LogP contribution in [0, 0.1) is 12.3 Å². The Morgan fingerprint density at radius 3 is 1.82 bits per heavy atom. The van der Waals surface area contributed by atoms with Gasteiger partial charge in [-0.05, 0) is 37.8 Å². The molecule has 22 heavy (non-hydrogen) atoms. The molecule has 2 saturated heterocycles. The molecule has 0 amide bonds. The topological polar surface area (TPSA) is 36.9 Å². The average molecular weight is 302 g/mol. The van der Waals surface area contributed by atoms with Crippen molar-refractivity contribution in [2.45, 2.75) is 51.1 Å². The first kappa shape index (κ1) is 15.2. The van der Waals surface area contributed by atoms with Gasteiger partial charge >= 0.3 is 0 Å². The molecule has 1 aromatic rings. The van der Waals surface area contributed by atoms with Crippen LogP contribution in [0.2, 0.25) is 0 Å². The zero-order valence-corrected chi connectivity index (χ0v) is 12.8. The molecule has 2 unspecified atom stereocenters. The molecule has 2 aliphatic heterocycles. The summed E-state index contributed by atoms with van der Waals surface area (Å²) in [5.41, 5.74) is 0.735. The van der Waals surface area contributed by atoms with Crippen molar-refractivity contribution in [3.05, 3.63) is 23.8 Å². The number of terminal acetylenes is 1. The van der Waals surface area contributed by atoms with Gasteiger partial charge in [0.2, 0.25) is 0 Å². The highest BCUT2D eigenvalue weighted by Crippen LogP contribution is 2.27. The van der Waals surface area contributed by atoms with Crippen molar-refractivity contribution in [3.8, 4) is 23.8 Å². The molecule has 0 radical (unpaired) electrons. The normalized spacial score (nSPS) is 25.2.